The summed E-state index contributed by atoms with van der Waals surface area (Å²) in [5.74, 6) is 2.50. The molecule has 2 saturated heterocycles. The number of hydrogen-bond acceptors (Lipinski definition) is 3. The topological polar surface area (TPSA) is 44.0 Å². The Balaban J connectivity index is 1.76. The van der Waals surface area contributed by atoms with Crippen molar-refractivity contribution in [1.29, 1.82) is 0 Å². The molecular weight excluding hydrogens is 236 g/mol. The van der Waals surface area contributed by atoms with Gasteiger partial charge in [-0.2, -0.15) is 0 Å². The van der Waals surface area contributed by atoms with E-state index in [1.165, 1.54) is 0 Å². The number of nitrogens with one attached hydrogen (secondary N) is 2. The third kappa shape index (κ3) is 1.53. The van der Waals surface area contributed by atoms with E-state index >= 15 is 0 Å². The molecule has 2 fully saturated rings. The highest BCUT2D eigenvalue weighted by Gasteiger charge is 2.50. The number of aromatic amines is 1. The van der Waals surface area contributed by atoms with Crippen LogP contribution in [0.2, 0.25) is 0 Å². The van der Waals surface area contributed by atoms with E-state index in [0.717, 1.165) is 48.5 Å². The predicted octanol–water partition coefficient (Wildman–Crippen LogP) is 2.00. The van der Waals surface area contributed by atoms with E-state index in [0.29, 0.717) is 0 Å². The summed E-state index contributed by atoms with van der Waals surface area (Å²) in [6, 6.07) is 8.26. The van der Waals surface area contributed by atoms with Crippen molar-refractivity contribution in [2.75, 3.05) is 24.5 Å². The molecule has 0 aliphatic carbocycles. The van der Waals surface area contributed by atoms with Crippen LogP contribution in [0.5, 0.6) is 0 Å². The van der Waals surface area contributed by atoms with Crippen LogP contribution in [0, 0.1) is 11.8 Å². The van der Waals surface area contributed by atoms with Gasteiger partial charge in [-0.3, -0.25) is 0 Å². The first-order valence-electron chi connectivity index (χ1n) is 7.09. The molecule has 0 bridgehead atoms. The van der Waals surface area contributed by atoms with Gasteiger partial charge in [0.15, 0.2) is 0 Å². The summed E-state index contributed by atoms with van der Waals surface area (Å²) in [6.07, 6.45) is 0. The summed E-state index contributed by atoms with van der Waals surface area (Å²) >= 11 is 0. The summed E-state index contributed by atoms with van der Waals surface area (Å²) in [7, 11) is 0. The maximum atomic E-state index is 4.77. The van der Waals surface area contributed by atoms with Gasteiger partial charge in [-0.1, -0.05) is 12.1 Å². The Morgan fingerprint density at radius 1 is 1.26 bits per heavy atom. The van der Waals surface area contributed by atoms with E-state index in [1.807, 2.05) is 6.07 Å². The van der Waals surface area contributed by atoms with E-state index < -0.39 is 0 Å². The van der Waals surface area contributed by atoms with Crippen molar-refractivity contribution in [2.45, 2.75) is 19.4 Å². The summed E-state index contributed by atoms with van der Waals surface area (Å²) in [6.45, 7) is 8.07. The van der Waals surface area contributed by atoms with Gasteiger partial charge in [0.1, 0.15) is 0 Å². The van der Waals surface area contributed by atoms with Crippen LogP contribution in [-0.4, -0.2) is 35.1 Å². The lowest BCUT2D eigenvalue weighted by Gasteiger charge is -2.35. The van der Waals surface area contributed by atoms with Gasteiger partial charge in [-0.15, -0.1) is 0 Å². The lowest BCUT2D eigenvalue weighted by Crippen LogP contribution is -2.45. The fraction of sp³-hybridized carbons (Fsp3) is 0.533. The number of H-pyrrole nitrogens is 1. The van der Waals surface area contributed by atoms with Crippen LogP contribution in [0.25, 0.3) is 11.0 Å². The molecular formula is C15H20N4. The van der Waals surface area contributed by atoms with Crippen molar-refractivity contribution < 1.29 is 0 Å². The molecule has 2 N–H and O–H groups in total. The number of hydrogen-bond donors (Lipinski definition) is 2. The van der Waals surface area contributed by atoms with Crippen molar-refractivity contribution >= 4 is 17.0 Å². The van der Waals surface area contributed by atoms with Crippen LogP contribution in [-0.2, 0) is 0 Å². The molecule has 4 nitrogen and oxygen atoms in total. The number of aromatic nitrogens is 2. The molecule has 0 amide bonds. The molecule has 2 aliphatic rings. The standard InChI is InChI=1S/C15H20N4/c1-15(2)11-8-16-7-10(11)9-19(15)14-17-12-5-3-4-6-13(12)18-14/h3-6,10-11,16H,7-9H2,1-2H3,(H,17,18). The molecule has 2 atom stereocenters. The number of benzene rings is 1. The predicted molar refractivity (Wildman–Crippen MR) is 77.4 cm³/mol. The van der Waals surface area contributed by atoms with Crippen LogP contribution in [0.1, 0.15) is 13.8 Å². The maximum Gasteiger partial charge on any atom is 0.204 e. The fourth-order valence-electron chi connectivity index (χ4n) is 3.85. The van der Waals surface area contributed by atoms with Gasteiger partial charge in [0.25, 0.3) is 0 Å². The first kappa shape index (κ1) is 11.3. The zero-order valence-corrected chi connectivity index (χ0v) is 11.5. The highest BCUT2D eigenvalue weighted by molar-refractivity contribution is 5.77. The van der Waals surface area contributed by atoms with Crippen molar-refractivity contribution in [1.82, 2.24) is 15.3 Å². The Labute approximate surface area is 113 Å². The fourth-order valence-corrected chi connectivity index (χ4v) is 3.85. The van der Waals surface area contributed by atoms with Crippen molar-refractivity contribution in [3.05, 3.63) is 24.3 Å². The molecule has 1 aromatic heterocycles. The Morgan fingerprint density at radius 2 is 2.11 bits per heavy atom. The zero-order valence-electron chi connectivity index (χ0n) is 11.5. The van der Waals surface area contributed by atoms with Crippen LogP contribution >= 0.6 is 0 Å². The first-order chi connectivity index (χ1) is 9.16. The van der Waals surface area contributed by atoms with Gasteiger partial charge in [0, 0.05) is 25.2 Å². The SMILES string of the molecule is CC1(C)C2CNCC2CN1c1nc2ccccc2[nH]1. The minimum absolute atomic E-state index is 0.169. The van der Waals surface area contributed by atoms with E-state index in [-0.39, 0.29) is 5.54 Å². The smallest absolute Gasteiger partial charge is 0.204 e. The Kier molecular flexibility index (Phi) is 2.22. The first-order valence-corrected chi connectivity index (χ1v) is 7.09. The van der Waals surface area contributed by atoms with Crippen LogP contribution in [0.15, 0.2) is 24.3 Å². The summed E-state index contributed by atoms with van der Waals surface area (Å²) in [5.41, 5.74) is 2.36. The van der Waals surface area contributed by atoms with Gasteiger partial charge in [-0.05, 0) is 37.8 Å². The van der Waals surface area contributed by atoms with E-state index in [2.05, 4.69) is 47.2 Å². The third-order valence-corrected chi connectivity index (χ3v) is 4.99. The molecule has 0 radical (unpaired) electrons. The molecule has 0 spiro atoms. The molecule has 2 aromatic rings. The Morgan fingerprint density at radius 3 is 2.89 bits per heavy atom. The molecule has 3 heterocycles. The van der Waals surface area contributed by atoms with Crippen LogP contribution in [0.3, 0.4) is 0 Å². The normalized spacial score (nSPS) is 29.1. The molecule has 1 aromatic carbocycles. The van der Waals surface area contributed by atoms with Crippen molar-refractivity contribution in [3.8, 4) is 0 Å². The van der Waals surface area contributed by atoms with E-state index in [9.17, 15) is 0 Å². The molecule has 4 rings (SSSR count). The second-order valence-corrected chi connectivity index (χ2v) is 6.37. The number of anilines is 1. The number of para-hydroxylation sites is 2. The Bertz CT molecular complexity index is 582. The molecule has 4 heteroatoms. The second kappa shape index (κ2) is 3.73. The van der Waals surface area contributed by atoms with Gasteiger partial charge < -0.3 is 15.2 Å². The van der Waals surface area contributed by atoms with Gasteiger partial charge in [0.2, 0.25) is 5.95 Å². The summed E-state index contributed by atoms with van der Waals surface area (Å²) in [4.78, 5) is 10.7. The summed E-state index contributed by atoms with van der Waals surface area (Å²) in [5, 5.41) is 3.52. The minimum atomic E-state index is 0.169. The number of nitrogens with zero attached hydrogens (tertiary/aromatic N) is 2. The monoisotopic (exact) mass is 256 g/mol. The van der Waals surface area contributed by atoms with Crippen molar-refractivity contribution in [3.63, 3.8) is 0 Å². The molecule has 100 valence electrons. The third-order valence-electron chi connectivity index (χ3n) is 4.99. The summed E-state index contributed by atoms with van der Waals surface area (Å²) < 4.78 is 0. The number of fused-ring (bicyclic) bond motifs is 2. The Hall–Kier alpha value is -1.55. The van der Waals surface area contributed by atoms with Gasteiger partial charge in [0.05, 0.1) is 11.0 Å². The molecule has 2 unspecified atom stereocenters. The van der Waals surface area contributed by atoms with E-state index in [4.69, 9.17) is 4.98 Å². The largest absolute Gasteiger partial charge is 0.337 e. The maximum absolute atomic E-state index is 4.77. The van der Waals surface area contributed by atoms with E-state index in [1.54, 1.807) is 0 Å². The zero-order chi connectivity index (χ0) is 13.0. The second-order valence-electron chi connectivity index (χ2n) is 6.37. The van der Waals surface area contributed by atoms with Crippen LogP contribution in [0.4, 0.5) is 5.95 Å². The number of imidazole rings is 1. The number of rotatable bonds is 1. The molecule has 0 saturated carbocycles. The lowest BCUT2D eigenvalue weighted by atomic mass is 9.85. The molecule has 2 aliphatic heterocycles. The highest BCUT2D eigenvalue weighted by Crippen LogP contribution is 2.42. The minimum Gasteiger partial charge on any atom is -0.337 e. The highest BCUT2D eigenvalue weighted by atomic mass is 15.3. The molecule has 19 heavy (non-hydrogen) atoms. The lowest BCUT2D eigenvalue weighted by molar-refractivity contribution is 0.355. The average Bonchev–Trinajstić information content (AvgIpc) is 3.05. The van der Waals surface area contributed by atoms with Gasteiger partial charge in [-0.25, -0.2) is 4.98 Å². The van der Waals surface area contributed by atoms with Gasteiger partial charge >= 0.3 is 0 Å². The van der Waals surface area contributed by atoms with Crippen LogP contribution < -0.4 is 10.2 Å². The van der Waals surface area contributed by atoms with Crippen molar-refractivity contribution in [2.24, 2.45) is 11.8 Å². The quantitative estimate of drug-likeness (QED) is 0.820. The average molecular weight is 256 g/mol.